The molecule has 27 heavy (non-hydrogen) atoms. The van der Waals surface area contributed by atoms with Crippen LogP contribution in [0.4, 0.5) is 8.78 Å². The molecule has 0 saturated carbocycles. The van der Waals surface area contributed by atoms with Gasteiger partial charge in [0, 0.05) is 11.0 Å². The number of hydrogen-bond acceptors (Lipinski definition) is 4. The number of alkyl halides is 2. The number of carbonyl (C=O) groups excluding carboxylic acids is 1. The van der Waals surface area contributed by atoms with Crippen molar-refractivity contribution in [2.45, 2.75) is 26.2 Å². The number of amides is 1. The van der Waals surface area contributed by atoms with Crippen LogP contribution in [-0.2, 0) is 11.3 Å². The van der Waals surface area contributed by atoms with Gasteiger partial charge in [-0.1, -0.05) is 34.1 Å². The van der Waals surface area contributed by atoms with Gasteiger partial charge in [0.05, 0.1) is 13.2 Å². The zero-order valence-electron chi connectivity index (χ0n) is 14.6. The van der Waals surface area contributed by atoms with E-state index in [0.29, 0.717) is 13.2 Å². The Morgan fingerprint density at radius 2 is 1.96 bits per heavy atom. The van der Waals surface area contributed by atoms with Crippen LogP contribution in [0.5, 0.6) is 11.5 Å². The zero-order valence-corrected chi connectivity index (χ0v) is 16.2. The standard InChI is InChI=1S/C19H19BrF2N2O3/c1-2-26-16-9-13(5-8-15(16)27-19(21)22)18-23-17(25)11-24(18)10-12-3-6-14(20)7-4-12/h3-9,18-19H,2,10-11H2,1H3,(H,23,25). The van der Waals surface area contributed by atoms with Gasteiger partial charge in [-0.05, 0) is 42.3 Å². The first-order valence-electron chi connectivity index (χ1n) is 8.45. The van der Waals surface area contributed by atoms with Crippen molar-refractivity contribution >= 4 is 21.8 Å². The lowest BCUT2D eigenvalue weighted by molar-refractivity contribution is -0.118. The number of hydrogen-bond donors (Lipinski definition) is 1. The van der Waals surface area contributed by atoms with Crippen molar-refractivity contribution in [1.82, 2.24) is 10.2 Å². The average molecular weight is 441 g/mol. The van der Waals surface area contributed by atoms with E-state index in [1.807, 2.05) is 29.2 Å². The maximum absolute atomic E-state index is 12.6. The molecular formula is C19H19BrF2N2O3. The second kappa shape index (κ2) is 8.67. The molecule has 1 fully saturated rings. The van der Waals surface area contributed by atoms with Gasteiger partial charge in [-0.25, -0.2) is 0 Å². The summed E-state index contributed by atoms with van der Waals surface area (Å²) in [7, 11) is 0. The molecule has 1 aliphatic rings. The third-order valence-electron chi connectivity index (χ3n) is 4.11. The van der Waals surface area contributed by atoms with Crippen LogP contribution in [0.3, 0.4) is 0 Å². The van der Waals surface area contributed by atoms with E-state index in [0.717, 1.165) is 15.6 Å². The second-order valence-corrected chi connectivity index (χ2v) is 6.93. The highest BCUT2D eigenvalue weighted by atomic mass is 79.9. The Labute approximate surface area is 164 Å². The molecule has 3 rings (SSSR count). The largest absolute Gasteiger partial charge is 0.490 e. The summed E-state index contributed by atoms with van der Waals surface area (Å²) < 4.78 is 36.1. The van der Waals surface area contributed by atoms with Crippen LogP contribution < -0.4 is 14.8 Å². The molecule has 1 heterocycles. The van der Waals surface area contributed by atoms with Crippen molar-refractivity contribution < 1.29 is 23.0 Å². The molecule has 1 N–H and O–H groups in total. The predicted octanol–water partition coefficient (Wildman–Crippen LogP) is 4.08. The van der Waals surface area contributed by atoms with Crippen LogP contribution in [0.25, 0.3) is 0 Å². The highest BCUT2D eigenvalue weighted by Crippen LogP contribution is 2.34. The maximum Gasteiger partial charge on any atom is 0.387 e. The molecule has 8 heteroatoms. The Morgan fingerprint density at radius 3 is 2.63 bits per heavy atom. The van der Waals surface area contributed by atoms with Gasteiger partial charge in [0.15, 0.2) is 11.5 Å². The third kappa shape index (κ3) is 4.95. The van der Waals surface area contributed by atoms with Crippen LogP contribution in [0, 0.1) is 0 Å². The topological polar surface area (TPSA) is 50.8 Å². The summed E-state index contributed by atoms with van der Waals surface area (Å²) in [6.45, 7) is -0.0515. The Bertz CT molecular complexity index is 802. The quantitative estimate of drug-likeness (QED) is 0.704. The van der Waals surface area contributed by atoms with Crippen molar-refractivity contribution in [3.8, 4) is 11.5 Å². The lowest BCUT2D eigenvalue weighted by Gasteiger charge is -2.24. The van der Waals surface area contributed by atoms with Gasteiger partial charge in [0.2, 0.25) is 5.91 Å². The van der Waals surface area contributed by atoms with E-state index in [1.54, 1.807) is 19.1 Å². The number of nitrogens with zero attached hydrogens (tertiary/aromatic N) is 1. The Balaban J connectivity index is 1.84. The summed E-state index contributed by atoms with van der Waals surface area (Å²) in [5.41, 5.74) is 1.80. The molecule has 144 valence electrons. The molecule has 0 spiro atoms. The van der Waals surface area contributed by atoms with Gasteiger partial charge in [0.25, 0.3) is 0 Å². The van der Waals surface area contributed by atoms with Crippen LogP contribution in [0.2, 0.25) is 0 Å². The second-order valence-electron chi connectivity index (χ2n) is 6.02. The van der Waals surface area contributed by atoms with Crippen molar-refractivity contribution in [3.05, 3.63) is 58.1 Å². The molecule has 5 nitrogen and oxygen atoms in total. The molecule has 2 aromatic rings. The molecular weight excluding hydrogens is 422 g/mol. The van der Waals surface area contributed by atoms with E-state index in [4.69, 9.17) is 4.74 Å². The molecule has 2 aromatic carbocycles. The van der Waals surface area contributed by atoms with E-state index < -0.39 is 6.61 Å². The van der Waals surface area contributed by atoms with Crippen molar-refractivity contribution in [2.75, 3.05) is 13.2 Å². The van der Waals surface area contributed by atoms with Crippen molar-refractivity contribution in [2.24, 2.45) is 0 Å². The molecule has 0 radical (unpaired) electrons. The van der Waals surface area contributed by atoms with E-state index in [2.05, 4.69) is 26.0 Å². The molecule has 1 atom stereocenters. The lowest BCUT2D eigenvalue weighted by Crippen LogP contribution is -2.27. The fraction of sp³-hybridized carbons (Fsp3) is 0.316. The van der Waals surface area contributed by atoms with Gasteiger partial charge in [0.1, 0.15) is 6.17 Å². The molecule has 1 amide bonds. The third-order valence-corrected chi connectivity index (χ3v) is 4.64. The number of ether oxygens (including phenoxy) is 2. The Kier molecular flexibility index (Phi) is 6.28. The number of nitrogens with one attached hydrogen (secondary N) is 1. The first-order valence-corrected chi connectivity index (χ1v) is 9.25. The maximum atomic E-state index is 12.6. The minimum Gasteiger partial charge on any atom is -0.490 e. The van der Waals surface area contributed by atoms with Gasteiger partial charge in [-0.3, -0.25) is 9.69 Å². The molecule has 0 aromatic heterocycles. The smallest absolute Gasteiger partial charge is 0.387 e. The number of halogens is 3. The van der Waals surface area contributed by atoms with Gasteiger partial charge in [-0.15, -0.1) is 0 Å². The molecule has 1 aliphatic heterocycles. The number of carbonyl (C=O) groups is 1. The van der Waals surface area contributed by atoms with Crippen LogP contribution in [-0.4, -0.2) is 30.6 Å². The zero-order chi connectivity index (χ0) is 19.4. The van der Waals surface area contributed by atoms with Gasteiger partial charge >= 0.3 is 6.61 Å². The molecule has 0 aliphatic carbocycles. The summed E-state index contributed by atoms with van der Waals surface area (Å²) in [6.07, 6.45) is -0.374. The summed E-state index contributed by atoms with van der Waals surface area (Å²) in [5, 5.41) is 2.91. The molecule has 0 bridgehead atoms. The SMILES string of the molecule is CCOc1cc(C2NC(=O)CN2Cc2ccc(Br)cc2)ccc1OC(F)F. The first-order chi connectivity index (χ1) is 13.0. The highest BCUT2D eigenvalue weighted by molar-refractivity contribution is 9.10. The van der Waals surface area contributed by atoms with Crippen LogP contribution in [0.1, 0.15) is 24.2 Å². The highest BCUT2D eigenvalue weighted by Gasteiger charge is 2.31. The van der Waals surface area contributed by atoms with Crippen LogP contribution in [0.15, 0.2) is 46.9 Å². The monoisotopic (exact) mass is 440 g/mol. The molecule has 1 unspecified atom stereocenters. The van der Waals surface area contributed by atoms with E-state index in [-0.39, 0.29) is 30.1 Å². The van der Waals surface area contributed by atoms with Crippen molar-refractivity contribution in [1.29, 1.82) is 0 Å². The fourth-order valence-electron chi connectivity index (χ4n) is 2.99. The summed E-state index contributed by atoms with van der Waals surface area (Å²) in [5.74, 6) is 0.0994. The minimum atomic E-state index is -2.94. The normalized spacial score (nSPS) is 17.2. The Morgan fingerprint density at radius 1 is 1.22 bits per heavy atom. The minimum absolute atomic E-state index is 0.0283. The van der Waals surface area contributed by atoms with E-state index in [1.165, 1.54) is 6.07 Å². The Hall–Kier alpha value is -2.19. The first kappa shape index (κ1) is 19.6. The summed E-state index contributed by atoms with van der Waals surface area (Å²) >= 11 is 3.40. The average Bonchev–Trinajstić information content (AvgIpc) is 2.98. The number of benzene rings is 2. The fourth-order valence-corrected chi connectivity index (χ4v) is 3.25. The van der Waals surface area contributed by atoms with Gasteiger partial charge < -0.3 is 14.8 Å². The summed E-state index contributed by atoms with van der Waals surface area (Å²) in [4.78, 5) is 14.0. The predicted molar refractivity (Wildman–Crippen MR) is 99.7 cm³/mol. The number of rotatable bonds is 7. The van der Waals surface area contributed by atoms with Gasteiger partial charge in [-0.2, -0.15) is 8.78 Å². The lowest BCUT2D eigenvalue weighted by atomic mass is 10.1. The van der Waals surface area contributed by atoms with E-state index in [9.17, 15) is 13.6 Å². The van der Waals surface area contributed by atoms with Crippen molar-refractivity contribution in [3.63, 3.8) is 0 Å². The van der Waals surface area contributed by atoms with E-state index >= 15 is 0 Å². The molecule has 1 saturated heterocycles. The summed E-state index contributed by atoms with van der Waals surface area (Å²) in [6, 6.07) is 12.6. The van der Waals surface area contributed by atoms with Crippen LogP contribution >= 0.6 is 15.9 Å².